The van der Waals surface area contributed by atoms with Crippen molar-refractivity contribution in [2.75, 3.05) is 15.5 Å². The molecule has 0 unspecified atom stereocenters. The maximum atomic E-state index is 13.8. The van der Waals surface area contributed by atoms with Gasteiger partial charge in [-0.1, -0.05) is 65.1 Å². The van der Waals surface area contributed by atoms with Crippen molar-refractivity contribution < 1.29 is 14.4 Å². The van der Waals surface area contributed by atoms with Gasteiger partial charge in [-0.25, -0.2) is 0 Å². The number of benzene rings is 2. The molecular formula is C24H22BrCl2N3O3. The minimum atomic E-state index is -0.990. The van der Waals surface area contributed by atoms with Crippen molar-refractivity contribution in [3.8, 4) is 0 Å². The molecule has 6 nitrogen and oxygen atoms in total. The molecule has 4 rings (SSSR count). The molecule has 3 amide bonds. The molecular weight excluding hydrogens is 529 g/mol. The van der Waals surface area contributed by atoms with Gasteiger partial charge in [0, 0.05) is 10.2 Å². The fourth-order valence-electron chi connectivity index (χ4n) is 4.41. The minimum Gasteiger partial charge on any atom is -0.326 e. The Morgan fingerprint density at radius 1 is 1.15 bits per heavy atom. The Labute approximate surface area is 210 Å². The zero-order valence-electron chi connectivity index (χ0n) is 17.9. The van der Waals surface area contributed by atoms with E-state index in [1.807, 2.05) is 13.8 Å². The largest absolute Gasteiger partial charge is 0.326 e. The van der Waals surface area contributed by atoms with Crippen molar-refractivity contribution in [3.63, 3.8) is 0 Å². The van der Waals surface area contributed by atoms with Gasteiger partial charge in [-0.2, -0.15) is 0 Å². The zero-order valence-corrected chi connectivity index (χ0v) is 21.0. The summed E-state index contributed by atoms with van der Waals surface area (Å²) in [6.45, 7) is 3.91. The predicted molar refractivity (Wildman–Crippen MR) is 134 cm³/mol. The van der Waals surface area contributed by atoms with Crippen molar-refractivity contribution in [1.29, 1.82) is 0 Å². The first-order valence-electron chi connectivity index (χ1n) is 10.4. The number of hydrogen-bond donors (Lipinski definition) is 2. The van der Waals surface area contributed by atoms with Crippen LogP contribution in [0.25, 0.3) is 0 Å². The molecule has 0 radical (unpaired) electrons. The van der Waals surface area contributed by atoms with Gasteiger partial charge in [-0.3, -0.25) is 19.3 Å². The molecule has 2 aromatic rings. The Morgan fingerprint density at radius 2 is 1.82 bits per heavy atom. The van der Waals surface area contributed by atoms with Gasteiger partial charge in [0.15, 0.2) is 0 Å². The van der Waals surface area contributed by atoms with Crippen LogP contribution in [0.5, 0.6) is 0 Å². The average Bonchev–Trinajstić information content (AvgIpc) is 3.28. The number of amides is 3. The maximum absolute atomic E-state index is 13.8. The summed E-state index contributed by atoms with van der Waals surface area (Å²) in [5.41, 5.74) is 1.31. The molecule has 2 aliphatic rings. The molecule has 1 aliphatic carbocycles. The van der Waals surface area contributed by atoms with E-state index in [0.29, 0.717) is 17.1 Å². The molecule has 33 heavy (non-hydrogen) atoms. The summed E-state index contributed by atoms with van der Waals surface area (Å²) < 4.78 is 0.985. The topological polar surface area (TPSA) is 78.5 Å². The molecule has 1 heterocycles. The van der Waals surface area contributed by atoms with Crippen LogP contribution in [-0.4, -0.2) is 23.8 Å². The molecule has 172 valence electrons. The first-order valence-corrected chi connectivity index (χ1v) is 12.0. The van der Waals surface area contributed by atoms with Crippen molar-refractivity contribution in [2.24, 2.45) is 17.3 Å². The number of anilines is 3. The molecule has 0 aromatic heterocycles. The lowest BCUT2D eigenvalue weighted by molar-refractivity contribution is -0.127. The second kappa shape index (κ2) is 9.12. The van der Waals surface area contributed by atoms with E-state index < -0.39 is 17.9 Å². The Bertz CT molecular complexity index is 1150. The molecule has 0 spiro atoms. The first kappa shape index (κ1) is 23.8. The number of carbonyl (C=O) groups is 3. The predicted octanol–water partition coefficient (Wildman–Crippen LogP) is 5.72. The summed E-state index contributed by atoms with van der Waals surface area (Å²) >= 11 is 15.1. The fourth-order valence-corrected chi connectivity index (χ4v) is 4.95. The van der Waals surface area contributed by atoms with Crippen LogP contribution in [0.3, 0.4) is 0 Å². The van der Waals surface area contributed by atoms with Crippen molar-refractivity contribution >= 4 is 73.9 Å². The highest BCUT2D eigenvalue weighted by Crippen LogP contribution is 2.61. The number of nitrogens with zero attached hydrogens (tertiary/aromatic N) is 1. The maximum Gasteiger partial charge on any atom is 0.248 e. The van der Waals surface area contributed by atoms with E-state index in [4.69, 9.17) is 23.2 Å². The summed E-state index contributed by atoms with van der Waals surface area (Å²) in [4.78, 5) is 41.1. The number of hydrogen-bond acceptors (Lipinski definition) is 3. The monoisotopic (exact) mass is 549 g/mol. The molecule has 0 saturated heterocycles. The van der Waals surface area contributed by atoms with Gasteiger partial charge in [-0.05, 0) is 53.8 Å². The van der Waals surface area contributed by atoms with Gasteiger partial charge in [0.1, 0.15) is 10.5 Å². The molecule has 9 heteroatoms. The van der Waals surface area contributed by atoms with Gasteiger partial charge < -0.3 is 10.6 Å². The molecule has 2 N–H and O–H groups in total. The lowest BCUT2D eigenvalue weighted by atomic mass is 10.0. The molecule has 3 atom stereocenters. The van der Waals surface area contributed by atoms with Gasteiger partial charge in [0.2, 0.25) is 17.7 Å². The smallest absolute Gasteiger partial charge is 0.248 e. The standard InChI is InChI=1S/C24H22BrCl2N3O3/c1-24(2)15(11-19(26)27)21(24)23(33)30-17-6-4-3-5-16(17)29-22(32)18(30)12-20(31)28-14-9-7-13(25)8-10-14/h3-11,15,18,21H,12H2,1-2H3,(H,28,31)(H,29,32)/t15-,18+,21-/m1/s1. The number of fused-ring (bicyclic) bond motifs is 1. The summed E-state index contributed by atoms with van der Waals surface area (Å²) in [6, 6.07) is 13.2. The molecule has 2 aromatic carbocycles. The van der Waals surface area contributed by atoms with Crippen molar-refractivity contribution in [1.82, 2.24) is 0 Å². The fraction of sp³-hybridized carbons (Fsp3) is 0.292. The Morgan fingerprint density at radius 3 is 2.48 bits per heavy atom. The average molecular weight is 551 g/mol. The van der Waals surface area contributed by atoms with E-state index in [1.54, 1.807) is 54.6 Å². The highest BCUT2D eigenvalue weighted by molar-refractivity contribution is 9.10. The van der Waals surface area contributed by atoms with Crippen LogP contribution in [0.4, 0.5) is 17.1 Å². The summed E-state index contributed by atoms with van der Waals surface area (Å²) in [6.07, 6.45) is 1.47. The number of carbonyl (C=O) groups excluding carboxylic acids is 3. The lowest BCUT2D eigenvalue weighted by Crippen LogP contribution is -2.53. The van der Waals surface area contributed by atoms with Crippen molar-refractivity contribution in [3.05, 3.63) is 63.6 Å². The zero-order chi connectivity index (χ0) is 23.9. The van der Waals surface area contributed by atoms with Crippen LogP contribution in [0.1, 0.15) is 20.3 Å². The highest BCUT2D eigenvalue weighted by Gasteiger charge is 2.62. The van der Waals surface area contributed by atoms with E-state index in [-0.39, 0.29) is 34.1 Å². The highest BCUT2D eigenvalue weighted by atomic mass is 79.9. The van der Waals surface area contributed by atoms with Crippen LogP contribution < -0.4 is 15.5 Å². The van der Waals surface area contributed by atoms with Crippen LogP contribution in [0, 0.1) is 17.3 Å². The second-order valence-electron chi connectivity index (χ2n) is 8.77. The minimum absolute atomic E-state index is 0.102. The first-order chi connectivity index (χ1) is 15.6. The van der Waals surface area contributed by atoms with Gasteiger partial charge in [-0.15, -0.1) is 0 Å². The quantitative estimate of drug-likeness (QED) is 0.499. The molecule has 1 fully saturated rings. The van der Waals surface area contributed by atoms with E-state index in [9.17, 15) is 14.4 Å². The third kappa shape index (κ3) is 4.81. The summed E-state index contributed by atoms with van der Waals surface area (Å²) in [7, 11) is 0. The number of para-hydroxylation sites is 2. The SMILES string of the molecule is CC1(C)[C@H](C=C(Cl)Cl)[C@@H]1C(=O)N1c2ccccc2NC(=O)[C@@H]1CC(=O)Nc1ccc(Br)cc1. The third-order valence-electron chi connectivity index (χ3n) is 6.26. The van der Waals surface area contributed by atoms with Crippen LogP contribution in [0.15, 0.2) is 63.6 Å². The number of rotatable bonds is 5. The van der Waals surface area contributed by atoms with Crippen molar-refractivity contribution in [2.45, 2.75) is 26.3 Å². The summed E-state index contributed by atoms with van der Waals surface area (Å²) in [5, 5.41) is 5.62. The molecule has 1 aliphatic heterocycles. The van der Waals surface area contributed by atoms with Crippen LogP contribution >= 0.6 is 39.1 Å². The van der Waals surface area contributed by atoms with Gasteiger partial charge in [0.05, 0.1) is 23.7 Å². The number of nitrogens with one attached hydrogen (secondary N) is 2. The normalized spacial score (nSPS) is 22.6. The van der Waals surface area contributed by atoms with Gasteiger partial charge >= 0.3 is 0 Å². The Balaban J connectivity index is 1.63. The van der Waals surface area contributed by atoms with E-state index in [0.717, 1.165) is 4.47 Å². The van der Waals surface area contributed by atoms with E-state index in [1.165, 1.54) is 4.90 Å². The third-order valence-corrected chi connectivity index (χ3v) is 7.04. The summed E-state index contributed by atoms with van der Waals surface area (Å²) in [5.74, 6) is -1.59. The number of allylic oxidation sites excluding steroid dienone is 1. The van der Waals surface area contributed by atoms with E-state index in [2.05, 4.69) is 26.6 Å². The van der Waals surface area contributed by atoms with Crippen LogP contribution in [-0.2, 0) is 14.4 Å². The number of halogens is 3. The lowest BCUT2D eigenvalue weighted by Gasteiger charge is -2.36. The second-order valence-corrected chi connectivity index (χ2v) is 10.7. The Hall–Kier alpha value is -2.35. The van der Waals surface area contributed by atoms with E-state index >= 15 is 0 Å². The molecule has 0 bridgehead atoms. The Kier molecular flexibility index (Phi) is 6.58. The van der Waals surface area contributed by atoms with Gasteiger partial charge in [0.25, 0.3) is 0 Å². The van der Waals surface area contributed by atoms with Crippen LogP contribution in [0.2, 0.25) is 0 Å². The molecule has 1 saturated carbocycles.